The number of rotatable bonds is 4. The van der Waals surface area contributed by atoms with Crippen molar-refractivity contribution in [3.63, 3.8) is 0 Å². The van der Waals surface area contributed by atoms with Gasteiger partial charge in [0.05, 0.1) is 6.61 Å². The zero-order valence-electron chi connectivity index (χ0n) is 11.2. The molecule has 0 saturated heterocycles. The number of alkyl halides is 1. The molecule has 0 bridgehead atoms. The monoisotopic (exact) mass is 362 g/mol. The minimum atomic E-state index is -0.632. The van der Waals surface area contributed by atoms with Gasteiger partial charge in [0.25, 0.3) is 0 Å². The van der Waals surface area contributed by atoms with Gasteiger partial charge in [-0.2, -0.15) is 0 Å². The molecule has 0 aromatic heterocycles. The molecule has 0 fully saturated rings. The number of hydrogen-bond donors (Lipinski definition) is 0. The van der Waals surface area contributed by atoms with E-state index < -0.39 is 6.16 Å². The summed E-state index contributed by atoms with van der Waals surface area (Å²) in [5.41, 5.74) is 2.06. The van der Waals surface area contributed by atoms with Crippen molar-refractivity contribution in [2.45, 2.75) is 31.6 Å². The topological polar surface area (TPSA) is 35.5 Å². The van der Waals surface area contributed by atoms with Gasteiger partial charge in [0.2, 0.25) is 0 Å². The molecular formula is C14H19IO3. The summed E-state index contributed by atoms with van der Waals surface area (Å²) in [6, 6.07) is 5.86. The highest BCUT2D eigenvalue weighted by Gasteiger charge is 2.14. The molecule has 0 N–H and O–H groups in total. The molecule has 0 heterocycles. The molecule has 0 aliphatic rings. The Labute approximate surface area is 122 Å². The van der Waals surface area contributed by atoms with Crippen LogP contribution in [0.25, 0.3) is 0 Å². The summed E-state index contributed by atoms with van der Waals surface area (Å²) in [7, 11) is 0. The van der Waals surface area contributed by atoms with Crippen LogP contribution in [0, 0.1) is 12.8 Å². The SMILES string of the molecule is Cc1ccc(C(C)I)c(OC(=O)OCC(C)C)c1. The van der Waals surface area contributed by atoms with E-state index in [1.165, 1.54) is 0 Å². The molecule has 1 rings (SSSR count). The molecular weight excluding hydrogens is 343 g/mol. The zero-order valence-corrected chi connectivity index (χ0v) is 13.4. The van der Waals surface area contributed by atoms with E-state index in [1.807, 2.05) is 39.0 Å². The number of halogens is 1. The van der Waals surface area contributed by atoms with E-state index in [0.717, 1.165) is 11.1 Å². The van der Waals surface area contributed by atoms with Gasteiger partial charge in [0.15, 0.2) is 0 Å². The predicted molar refractivity (Wildman–Crippen MR) is 80.4 cm³/mol. The highest BCUT2D eigenvalue weighted by molar-refractivity contribution is 14.1. The highest BCUT2D eigenvalue weighted by atomic mass is 127. The summed E-state index contributed by atoms with van der Waals surface area (Å²) in [6.45, 7) is 8.36. The first-order chi connectivity index (χ1) is 8.40. The molecule has 100 valence electrons. The van der Waals surface area contributed by atoms with Gasteiger partial charge in [-0.1, -0.05) is 48.6 Å². The molecule has 1 aromatic carbocycles. The Morgan fingerprint density at radius 3 is 2.56 bits per heavy atom. The van der Waals surface area contributed by atoms with E-state index in [9.17, 15) is 4.79 Å². The van der Waals surface area contributed by atoms with Gasteiger partial charge in [-0.05, 0) is 31.4 Å². The number of ether oxygens (including phenoxy) is 2. The molecule has 3 nitrogen and oxygen atoms in total. The number of benzene rings is 1. The van der Waals surface area contributed by atoms with Crippen LogP contribution in [0.5, 0.6) is 5.75 Å². The third-order valence-corrected chi connectivity index (χ3v) is 3.00. The van der Waals surface area contributed by atoms with Gasteiger partial charge in [0, 0.05) is 9.49 Å². The van der Waals surface area contributed by atoms with Crippen molar-refractivity contribution < 1.29 is 14.3 Å². The fraction of sp³-hybridized carbons (Fsp3) is 0.500. The molecule has 1 unspecified atom stereocenters. The lowest BCUT2D eigenvalue weighted by atomic mass is 10.1. The van der Waals surface area contributed by atoms with E-state index in [-0.39, 0.29) is 3.92 Å². The lowest BCUT2D eigenvalue weighted by molar-refractivity contribution is 0.0882. The number of hydrogen-bond acceptors (Lipinski definition) is 3. The maximum absolute atomic E-state index is 11.6. The van der Waals surface area contributed by atoms with Crippen LogP contribution in [-0.4, -0.2) is 12.8 Å². The first-order valence-corrected chi connectivity index (χ1v) is 7.24. The largest absolute Gasteiger partial charge is 0.513 e. The number of aryl methyl sites for hydroxylation is 1. The van der Waals surface area contributed by atoms with Crippen LogP contribution in [0.15, 0.2) is 18.2 Å². The van der Waals surface area contributed by atoms with Crippen LogP contribution in [0.3, 0.4) is 0 Å². The standard InChI is InChI=1S/C14H19IO3/c1-9(2)8-17-14(16)18-13-7-10(3)5-6-12(13)11(4)15/h5-7,9,11H,8H2,1-4H3. The quantitative estimate of drug-likeness (QED) is 0.338. The second kappa shape index (κ2) is 6.97. The molecule has 0 radical (unpaired) electrons. The van der Waals surface area contributed by atoms with E-state index in [1.54, 1.807) is 0 Å². The molecule has 1 aromatic rings. The Kier molecular flexibility index (Phi) is 5.91. The molecule has 0 amide bonds. The smallest absolute Gasteiger partial charge is 0.434 e. The van der Waals surface area contributed by atoms with Crippen LogP contribution < -0.4 is 4.74 Å². The lowest BCUT2D eigenvalue weighted by Crippen LogP contribution is -2.15. The molecule has 0 spiro atoms. The van der Waals surface area contributed by atoms with E-state index in [4.69, 9.17) is 9.47 Å². The number of carbonyl (C=O) groups excluding carboxylic acids is 1. The molecule has 4 heteroatoms. The first-order valence-electron chi connectivity index (χ1n) is 5.99. The Morgan fingerprint density at radius 1 is 1.33 bits per heavy atom. The minimum Gasteiger partial charge on any atom is -0.434 e. The molecule has 0 saturated carbocycles. The van der Waals surface area contributed by atoms with Crippen LogP contribution in [-0.2, 0) is 4.74 Å². The van der Waals surface area contributed by atoms with Crippen molar-refractivity contribution in [2.24, 2.45) is 5.92 Å². The van der Waals surface area contributed by atoms with E-state index in [2.05, 4.69) is 29.5 Å². The third-order valence-electron chi connectivity index (χ3n) is 2.33. The molecule has 1 atom stereocenters. The average molecular weight is 362 g/mol. The summed E-state index contributed by atoms with van der Waals surface area (Å²) in [4.78, 5) is 11.6. The van der Waals surface area contributed by atoms with Crippen LogP contribution in [0.2, 0.25) is 0 Å². The Morgan fingerprint density at radius 2 is 2.00 bits per heavy atom. The fourth-order valence-corrected chi connectivity index (χ4v) is 1.93. The Hall–Kier alpha value is -0.780. The molecule has 18 heavy (non-hydrogen) atoms. The molecule has 0 aliphatic heterocycles. The lowest BCUT2D eigenvalue weighted by Gasteiger charge is -2.13. The van der Waals surface area contributed by atoms with E-state index >= 15 is 0 Å². The van der Waals surface area contributed by atoms with Crippen LogP contribution >= 0.6 is 22.6 Å². The van der Waals surface area contributed by atoms with Crippen LogP contribution in [0.1, 0.15) is 35.8 Å². The van der Waals surface area contributed by atoms with Gasteiger partial charge >= 0.3 is 6.16 Å². The fourth-order valence-electron chi connectivity index (χ4n) is 1.41. The van der Waals surface area contributed by atoms with Crippen molar-refractivity contribution in [3.8, 4) is 5.75 Å². The Bertz CT molecular complexity index is 414. The van der Waals surface area contributed by atoms with Crippen molar-refractivity contribution >= 4 is 28.7 Å². The minimum absolute atomic E-state index is 0.274. The third kappa shape index (κ3) is 4.84. The maximum Gasteiger partial charge on any atom is 0.513 e. The van der Waals surface area contributed by atoms with Gasteiger partial charge in [-0.25, -0.2) is 4.79 Å². The van der Waals surface area contributed by atoms with E-state index in [0.29, 0.717) is 18.3 Å². The maximum atomic E-state index is 11.6. The van der Waals surface area contributed by atoms with Crippen molar-refractivity contribution in [2.75, 3.05) is 6.61 Å². The van der Waals surface area contributed by atoms with Crippen LogP contribution in [0.4, 0.5) is 4.79 Å². The second-order valence-electron chi connectivity index (χ2n) is 4.71. The predicted octanol–water partition coefficient (Wildman–Crippen LogP) is 4.66. The summed E-state index contributed by atoms with van der Waals surface area (Å²) in [5.74, 6) is 0.892. The summed E-state index contributed by atoms with van der Waals surface area (Å²) < 4.78 is 10.6. The summed E-state index contributed by atoms with van der Waals surface area (Å²) >= 11 is 2.29. The van der Waals surface area contributed by atoms with Gasteiger partial charge < -0.3 is 9.47 Å². The van der Waals surface area contributed by atoms with Crippen molar-refractivity contribution in [1.29, 1.82) is 0 Å². The summed E-state index contributed by atoms with van der Waals surface area (Å²) in [5, 5.41) is 0. The molecule has 0 aliphatic carbocycles. The summed E-state index contributed by atoms with van der Waals surface area (Å²) in [6.07, 6.45) is -0.632. The zero-order chi connectivity index (χ0) is 13.7. The Balaban J connectivity index is 2.76. The van der Waals surface area contributed by atoms with Gasteiger partial charge in [-0.15, -0.1) is 0 Å². The second-order valence-corrected chi connectivity index (χ2v) is 6.58. The van der Waals surface area contributed by atoms with Crippen molar-refractivity contribution in [1.82, 2.24) is 0 Å². The normalized spacial score (nSPS) is 12.3. The van der Waals surface area contributed by atoms with Crippen molar-refractivity contribution in [3.05, 3.63) is 29.3 Å². The number of carbonyl (C=O) groups is 1. The first kappa shape index (κ1) is 15.3. The van der Waals surface area contributed by atoms with Gasteiger partial charge in [0.1, 0.15) is 5.75 Å². The van der Waals surface area contributed by atoms with Gasteiger partial charge in [-0.3, -0.25) is 0 Å². The highest BCUT2D eigenvalue weighted by Crippen LogP contribution is 2.32. The average Bonchev–Trinajstić information content (AvgIpc) is 2.26.